The summed E-state index contributed by atoms with van der Waals surface area (Å²) < 4.78 is 23.9. The average molecular weight is 686 g/mol. The molecule has 10 nitrogen and oxygen atoms in total. The van der Waals surface area contributed by atoms with Gasteiger partial charge < -0.3 is 44.7 Å². The lowest BCUT2D eigenvalue weighted by molar-refractivity contribution is -0.0359. The number of rotatable bonds is 15. The van der Waals surface area contributed by atoms with Crippen LogP contribution in [0.3, 0.4) is 0 Å². The molecule has 250 valence electrons. The second-order valence-electron chi connectivity index (χ2n) is 11.2. The van der Waals surface area contributed by atoms with E-state index in [1.54, 1.807) is 30.3 Å². The van der Waals surface area contributed by atoms with Crippen molar-refractivity contribution in [2.75, 3.05) is 26.4 Å². The summed E-state index contributed by atoms with van der Waals surface area (Å²) in [6, 6.07) is 20.7. The number of halogens is 2. The molecule has 0 saturated heterocycles. The summed E-state index contributed by atoms with van der Waals surface area (Å²) >= 11 is 12.8. The van der Waals surface area contributed by atoms with Crippen LogP contribution in [0.5, 0.6) is 23.0 Å². The highest BCUT2D eigenvalue weighted by atomic mass is 35.5. The highest BCUT2D eigenvalue weighted by Crippen LogP contribution is 2.37. The largest absolute Gasteiger partial charge is 0.487 e. The molecule has 12 heteroatoms. The summed E-state index contributed by atoms with van der Waals surface area (Å²) in [7, 11) is 0. The Morgan fingerprint density at radius 2 is 1.62 bits per heavy atom. The van der Waals surface area contributed by atoms with Crippen LogP contribution >= 0.6 is 23.2 Å². The van der Waals surface area contributed by atoms with E-state index in [2.05, 4.69) is 16.4 Å². The SMILES string of the molecule is Cc1c(COc2cc(OCc3cccc(Cl)n3)c(CNC[C@H](O)C[C@H](O)[C@H](O)CO)cc2Cl)cccc1-c1ccc2c(c1)OCCO2. The normalized spacial score (nSPS) is 14.4. The number of hydrogen-bond acceptors (Lipinski definition) is 10. The summed E-state index contributed by atoms with van der Waals surface area (Å²) in [5, 5.41) is 42.7. The van der Waals surface area contributed by atoms with E-state index in [9.17, 15) is 15.3 Å². The van der Waals surface area contributed by atoms with Crippen LogP contribution in [0.2, 0.25) is 10.2 Å². The minimum absolute atomic E-state index is 0.110. The highest BCUT2D eigenvalue weighted by Gasteiger charge is 2.20. The van der Waals surface area contributed by atoms with Crippen LogP contribution in [-0.2, 0) is 19.8 Å². The van der Waals surface area contributed by atoms with Gasteiger partial charge in [-0.2, -0.15) is 0 Å². The fourth-order valence-electron chi connectivity index (χ4n) is 5.17. The van der Waals surface area contributed by atoms with Crippen molar-refractivity contribution in [3.63, 3.8) is 0 Å². The van der Waals surface area contributed by atoms with Crippen LogP contribution in [0.4, 0.5) is 0 Å². The molecule has 1 aliphatic rings. The van der Waals surface area contributed by atoms with E-state index in [-0.39, 0.29) is 32.7 Å². The molecule has 3 aromatic carbocycles. The fourth-order valence-corrected chi connectivity index (χ4v) is 5.60. The van der Waals surface area contributed by atoms with Crippen molar-refractivity contribution in [2.24, 2.45) is 0 Å². The van der Waals surface area contributed by atoms with Crippen molar-refractivity contribution in [1.82, 2.24) is 10.3 Å². The Morgan fingerprint density at radius 3 is 2.40 bits per heavy atom. The number of fused-ring (bicyclic) bond motifs is 1. The summed E-state index contributed by atoms with van der Waals surface area (Å²) in [6.45, 7) is 3.28. The van der Waals surface area contributed by atoms with Crippen LogP contribution in [0.1, 0.15) is 28.8 Å². The Bertz CT molecular complexity index is 1660. The predicted molar refractivity (Wildman–Crippen MR) is 178 cm³/mol. The van der Waals surface area contributed by atoms with Gasteiger partial charge in [-0.1, -0.05) is 53.5 Å². The van der Waals surface area contributed by atoms with Crippen molar-refractivity contribution < 1.29 is 39.4 Å². The van der Waals surface area contributed by atoms with E-state index in [4.69, 9.17) is 47.3 Å². The molecule has 0 aliphatic carbocycles. The molecular formula is C35H38Cl2N2O8. The van der Waals surface area contributed by atoms with Crippen molar-refractivity contribution in [2.45, 2.75) is 51.4 Å². The lowest BCUT2D eigenvalue weighted by Crippen LogP contribution is -2.36. The first-order valence-corrected chi connectivity index (χ1v) is 16.0. The molecule has 0 unspecified atom stereocenters. The molecule has 0 bridgehead atoms. The Hall–Kier alpha value is -3.61. The number of benzene rings is 3. The van der Waals surface area contributed by atoms with Crippen LogP contribution in [0.15, 0.2) is 66.7 Å². The average Bonchev–Trinajstić information content (AvgIpc) is 3.07. The minimum Gasteiger partial charge on any atom is -0.487 e. The first-order chi connectivity index (χ1) is 22.7. The highest BCUT2D eigenvalue weighted by molar-refractivity contribution is 6.32. The molecular weight excluding hydrogens is 647 g/mol. The molecule has 0 amide bonds. The van der Waals surface area contributed by atoms with Gasteiger partial charge in [0.05, 0.1) is 29.5 Å². The first-order valence-electron chi connectivity index (χ1n) is 15.3. The third-order valence-electron chi connectivity index (χ3n) is 7.79. The number of aliphatic hydroxyl groups is 4. The molecule has 0 radical (unpaired) electrons. The van der Waals surface area contributed by atoms with Gasteiger partial charge in [0.2, 0.25) is 0 Å². The van der Waals surface area contributed by atoms with Crippen LogP contribution in [0, 0.1) is 6.92 Å². The number of nitrogens with one attached hydrogen (secondary N) is 1. The van der Waals surface area contributed by atoms with Crippen LogP contribution < -0.4 is 24.3 Å². The Kier molecular flexibility index (Phi) is 12.2. The molecule has 5 rings (SSSR count). The van der Waals surface area contributed by atoms with Gasteiger partial charge in [0.15, 0.2) is 11.5 Å². The summed E-state index contributed by atoms with van der Waals surface area (Å²) in [4.78, 5) is 4.29. The van der Waals surface area contributed by atoms with Crippen molar-refractivity contribution >= 4 is 23.2 Å². The zero-order chi connectivity index (χ0) is 33.3. The second-order valence-corrected chi connectivity index (χ2v) is 12.0. The van der Waals surface area contributed by atoms with Crippen molar-refractivity contribution in [3.05, 3.63) is 99.3 Å². The Labute approximate surface area is 283 Å². The van der Waals surface area contributed by atoms with Gasteiger partial charge in [0, 0.05) is 31.1 Å². The number of ether oxygens (including phenoxy) is 4. The topological polar surface area (TPSA) is 143 Å². The van der Waals surface area contributed by atoms with Gasteiger partial charge in [-0.3, -0.25) is 0 Å². The summed E-state index contributed by atoms with van der Waals surface area (Å²) in [5.41, 5.74) is 5.43. The molecule has 0 saturated carbocycles. The number of aromatic nitrogens is 1. The standard InChI is InChI=1S/C35H38Cl2N2O8/c1-21-23(4-2-6-27(21)22-8-9-31-34(13-22)45-11-10-44-31)19-46-33-15-32(47-20-25-5-3-7-35(37)39-25)24(12-28(33)36)16-38-17-26(41)14-29(42)30(43)18-40/h2-9,12-13,15,26,29-30,38,40-43H,10-11,14,16-20H2,1H3/t26-,29+,30-/m1/s1. The maximum Gasteiger partial charge on any atom is 0.161 e. The van der Waals surface area contributed by atoms with E-state index < -0.39 is 24.9 Å². The zero-order valence-electron chi connectivity index (χ0n) is 25.9. The third kappa shape index (κ3) is 9.27. The summed E-state index contributed by atoms with van der Waals surface area (Å²) in [6.07, 6.45) is -3.65. The zero-order valence-corrected chi connectivity index (χ0v) is 27.4. The van der Waals surface area contributed by atoms with Gasteiger partial charge in [-0.25, -0.2) is 4.98 Å². The van der Waals surface area contributed by atoms with Gasteiger partial charge in [-0.05, 0) is 59.5 Å². The molecule has 1 aliphatic heterocycles. The monoisotopic (exact) mass is 684 g/mol. The van der Waals surface area contributed by atoms with Crippen molar-refractivity contribution in [3.8, 4) is 34.1 Å². The summed E-state index contributed by atoms with van der Waals surface area (Å²) in [5.74, 6) is 2.38. The van der Waals surface area contributed by atoms with E-state index in [0.29, 0.717) is 46.1 Å². The third-order valence-corrected chi connectivity index (χ3v) is 8.29. The molecule has 4 aromatic rings. The maximum atomic E-state index is 10.3. The number of nitrogens with zero attached hydrogens (tertiary/aromatic N) is 1. The maximum absolute atomic E-state index is 10.3. The molecule has 5 N–H and O–H groups in total. The van der Waals surface area contributed by atoms with E-state index in [1.807, 2.05) is 37.3 Å². The smallest absolute Gasteiger partial charge is 0.161 e. The lowest BCUT2D eigenvalue weighted by Gasteiger charge is -2.20. The Morgan fingerprint density at radius 1 is 0.851 bits per heavy atom. The molecule has 47 heavy (non-hydrogen) atoms. The number of aliphatic hydroxyl groups excluding tert-OH is 4. The Balaban J connectivity index is 1.31. The van der Waals surface area contributed by atoms with Crippen LogP contribution in [-0.4, -0.2) is 70.1 Å². The van der Waals surface area contributed by atoms with E-state index >= 15 is 0 Å². The predicted octanol–water partition coefficient (Wildman–Crippen LogP) is 4.85. The van der Waals surface area contributed by atoms with Gasteiger partial charge >= 0.3 is 0 Å². The minimum atomic E-state index is -1.32. The van der Waals surface area contributed by atoms with Crippen LogP contribution in [0.25, 0.3) is 11.1 Å². The van der Waals surface area contributed by atoms with E-state index in [0.717, 1.165) is 33.8 Å². The number of hydrogen-bond donors (Lipinski definition) is 5. The molecule has 0 fully saturated rings. The second kappa shape index (κ2) is 16.5. The fraction of sp³-hybridized carbons (Fsp3) is 0.343. The van der Waals surface area contributed by atoms with E-state index in [1.165, 1.54) is 0 Å². The van der Waals surface area contributed by atoms with Crippen molar-refractivity contribution in [1.29, 1.82) is 0 Å². The van der Waals surface area contributed by atoms with Gasteiger partial charge in [-0.15, -0.1) is 0 Å². The van der Waals surface area contributed by atoms with Gasteiger partial charge in [0.1, 0.15) is 49.2 Å². The molecule has 1 aromatic heterocycles. The molecule has 3 atom stereocenters. The first kappa shape index (κ1) is 34.7. The van der Waals surface area contributed by atoms with Gasteiger partial charge in [0.25, 0.3) is 0 Å². The lowest BCUT2D eigenvalue weighted by atomic mass is 9.96. The quantitative estimate of drug-likeness (QED) is 0.110. The molecule has 2 heterocycles. The molecule has 0 spiro atoms. The number of pyridine rings is 1.